The molecule has 0 radical (unpaired) electrons. The first-order chi connectivity index (χ1) is 9.02. The van der Waals surface area contributed by atoms with Crippen LogP contribution < -0.4 is 10.4 Å². The molecule has 0 aliphatic carbocycles. The Bertz CT molecular complexity index is 717. The van der Waals surface area contributed by atoms with Gasteiger partial charge in [-0.3, -0.25) is 0 Å². The van der Waals surface area contributed by atoms with Crippen molar-refractivity contribution in [2.24, 2.45) is 0 Å². The number of aromatic carboxylic acids is 1. The summed E-state index contributed by atoms with van der Waals surface area (Å²) in [5.74, 6) is -0.836. The van der Waals surface area contributed by atoms with E-state index in [1.807, 2.05) is 0 Å². The summed E-state index contributed by atoms with van der Waals surface area (Å²) in [6.07, 6.45) is 1.58. The average Bonchev–Trinajstić information content (AvgIpc) is 2.36. The van der Waals surface area contributed by atoms with Crippen LogP contribution >= 0.6 is 15.9 Å². The minimum atomic E-state index is -1.32. The molecule has 0 spiro atoms. The number of fused-ring (bicyclic) bond motifs is 1. The molecule has 0 saturated heterocycles. The summed E-state index contributed by atoms with van der Waals surface area (Å²) in [6, 6.07) is 4.42. The Hall–Kier alpha value is -2.08. The monoisotopic (exact) mass is 324 g/mol. The highest BCUT2D eigenvalue weighted by Gasteiger charge is 2.14. The molecule has 0 saturated carbocycles. The minimum Gasteiger partial charge on any atom is -0.488 e. The van der Waals surface area contributed by atoms with Gasteiger partial charge in [0.25, 0.3) is 0 Å². The third-order valence-corrected chi connectivity index (χ3v) is 2.99. The fourth-order valence-electron chi connectivity index (χ4n) is 1.53. The van der Waals surface area contributed by atoms with E-state index in [4.69, 9.17) is 14.3 Å². The van der Waals surface area contributed by atoms with Gasteiger partial charge in [-0.1, -0.05) is 12.7 Å². The van der Waals surface area contributed by atoms with Crippen LogP contribution in [-0.4, -0.2) is 17.7 Å². The number of carboxylic acids is 1. The molecule has 19 heavy (non-hydrogen) atoms. The van der Waals surface area contributed by atoms with Crippen LogP contribution in [-0.2, 0) is 0 Å². The van der Waals surface area contributed by atoms with E-state index in [2.05, 4.69) is 22.5 Å². The zero-order chi connectivity index (χ0) is 14.0. The van der Waals surface area contributed by atoms with Gasteiger partial charge in [-0.25, -0.2) is 9.59 Å². The van der Waals surface area contributed by atoms with Crippen molar-refractivity contribution in [3.8, 4) is 5.75 Å². The van der Waals surface area contributed by atoms with E-state index in [9.17, 15) is 9.59 Å². The van der Waals surface area contributed by atoms with E-state index in [1.165, 1.54) is 12.1 Å². The minimum absolute atomic E-state index is 0.261. The van der Waals surface area contributed by atoms with E-state index in [-0.39, 0.29) is 5.58 Å². The van der Waals surface area contributed by atoms with Crippen molar-refractivity contribution in [1.82, 2.24) is 0 Å². The lowest BCUT2D eigenvalue weighted by molar-refractivity contribution is 0.0692. The Morgan fingerprint density at radius 3 is 2.84 bits per heavy atom. The number of carbonyl (C=O) groups is 1. The molecule has 0 aliphatic rings. The van der Waals surface area contributed by atoms with Crippen LogP contribution in [0.1, 0.15) is 10.4 Å². The van der Waals surface area contributed by atoms with Gasteiger partial charge < -0.3 is 14.3 Å². The van der Waals surface area contributed by atoms with Gasteiger partial charge in [-0.2, -0.15) is 0 Å². The molecule has 1 heterocycles. The number of carboxylic acid groups (broad SMARTS) is 1. The first kappa shape index (κ1) is 13.4. The number of halogens is 1. The third-order valence-electron chi connectivity index (χ3n) is 2.37. The predicted octanol–water partition coefficient (Wildman–Crippen LogP) is 2.82. The molecule has 0 amide bonds. The van der Waals surface area contributed by atoms with Crippen molar-refractivity contribution in [3.63, 3.8) is 0 Å². The van der Waals surface area contributed by atoms with Crippen molar-refractivity contribution in [2.75, 3.05) is 6.61 Å². The van der Waals surface area contributed by atoms with E-state index in [0.29, 0.717) is 22.2 Å². The Morgan fingerprint density at radius 2 is 2.21 bits per heavy atom. The molecule has 6 heteroatoms. The SMILES string of the molecule is C=CCOc1cc2oc(=O)c(C(=O)O)cc2cc1Br. The molecule has 1 aromatic carbocycles. The highest BCUT2D eigenvalue weighted by Crippen LogP contribution is 2.30. The number of hydrogen-bond donors (Lipinski definition) is 1. The lowest BCUT2D eigenvalue weighted by Crippen LogP contribution is -2.12. The maximum atomic E-state index is 11.5. The van der Waals surface area contributed by atoms with E-state index >= 15 is 0 Å². The van der Waals surface area contributed by atoms with Gasteiger partial charge in [0, 0.05) is 11.5 Å². The number of hydrogen-bond acceptors (Lipinski definition) is 4. The lowest BCUT2D eigenvalue weighted by Gasteiger charge is -2.07. The summed E-state index contributed by atoms with van der Waals surface area (Å²) in [5.41, 5.74) is -1.03. The number of ether oxygens (including phenoxy) is 1. The van der Waals surface area contributed by atoms with Crippen molar-refractivity contribution < 1.29 is 19.1 Å². The largest absolute Gasteiger partial charge is 0.488 e. The van der Waals surface area contributed by atoms with Crippen LogP contribution in [0.3, 0.4) is 0 Å². The summed E-state index contributed by atoms with van der Waals surface area (Å²) in [7, 11) is 0. The van der Waals surface area contributed by atoms with Gasteiger partial charge in [-0.05, 0) is 28.1 Å². The molecule has 2 rings (SSSR count). The molecular formula is C13H9BrO5. The summed E-state index contributed by atoms with van der Waals surface area (Å²) in [5, 5.41) is 9.35. The zero-order valence-electron chi connectivity index (χ0n) is 9.68. The van der Waals surface area contributed by atoms with Crippen molar-refractivity contribution in [1.29, 1.82) is 0 Å². The van der Waals surface area contributed by atoms with Gasteiger partial charge in [0.2, 0.25) is 0 Å². The molecule has 0 bridgehead atoms. The quantitative estimate of drug-likeness (QED) is 0.691. The fourth-order valence-corrected chi connectivity index (χ4v) is 2.00. The number of rotatable bonds is 4. The van der Waals surface area contributed by atoms with Crippen molar-refractivity contribution >= 4 is 32.9 Å². The first-order valence-electron chi connectivity index (χ1n) is 5.27. The summed E-state index contributed by atoms with van der Waals surface area (Å²) in [6.45, 7) is 3.84. The van der Waals surface area contributed by atoms with Crippen LogP contribution in [0.15, 0.2) is 44.5 Å². The van der Waals surface area contributed by atoms with Gasteiger partial charge in [0.1, 0.15) is 23.5 Å². The van der Waals surface area contributed by atoms with Gasteiger partial charge in [0.05, 0.1) is 4.47 Å². The molecule has 98 valence electrons. The second-order valence-electron chi connectivity index (χ2n) is 3.67. The molecule has 1 N–H and O–H groups in total. The van der Waals surface area contributed by atoms with Gasteiger partial charge in [0.15, 0.2) is 0 Å². The molecular weight excluding hydrogens is 316 g/mol. The van der Waals surface area contributed by atoms with Crippen molar-refractivity contribution in [2.45, 2.75) is 0 Å². The highest BCUT2D eigenvalue weighted by atomic mass is 79.9. The molecule has 0 atom stereocenters. The maximum absolute atomic E-state index is 11.5. The highest BCUT2D eigenvalue weighted by molar-refractivity contribution is 9.10. The van der Waals surface area contributed by atoms with E-state index in [0.717, 1.165) is 0 Å². The Balaban J connectivity index is 2.61. The second-order valence-corrected chi connectivity index (χ2v) is 4.53. The van der Waals surface area contributed by atoms with E-state index in [1.54, 1.807) is 12.1 Å². The number of benzene rings is 1. The Labute approximate surface area is 116 Å². The van der Waals surface area contributed by atoms with E-state index < -0.39 is 17.2 Å². The predicted molar refractivity (Wildman–Crippen MR) is 72.8 cm³/mol. The molecule has 0 aliphatic heterocycles. The zero-order valence-corrected chi connectivity index (χ0v) is 11.3. The smallest absolute Gasteiger partial charge is 0.351 e. The summed E-state index contributed by atoms with van der Waals surface area (Å²) >= 11 is 3.30. The van der Waals surface area contributed by atoms with Gasteiger partial charge >= 0.3 is 11.6 Å². The average molecular weight is 325 g/mol. The molecule has 0 fully saturated rings. The fraction of sp³-hybridized carbons (Fsp3) is 0.0769. The second kappa shape index (κ2) is 5.27. The summed E-state index contributed by atoms with van der Waals surface area (Å²) in [4.78, 5) is 22.3. The molecule has 0 unspecified atom stereocenters. The van der Waals surface area contributed by atoms with Crippen molar-refractivity contribution in [3.05, 3.63) is 51.3 Å². The maximum Gasteiger partial charge on any atom is 0.351 e. The topological polar surface area (TPSA) is 76.7 Å². The molecule has 5 nitrogen and oxygen atoms in total. The summed E-state index contributed by atoms with van der Waals surface area (Å²) < 4.78 is 11.0. The molecule has 1 aromatic heterocycles. The standard InChI is InChI=1S/C13H9BrO5/c1-2-3-18-11-6-10-7(5-9(11)14)4-8(12(15)16)13(17)19-10/h2,4-6H,1,3H2,(H,15,16). The van der Waals surface area contributed by atoms with Gasteiger partial charge in [-0.15, -0.1) is 0 Å². The lowest BCUT2D eigenvalue weighted by atomic mass is 10.2. The van der Waals surface area contributed by atoms with Crippen LogP contribution in [0.4, 0.5) is 0 Å². The normalized spacial score (nSPS) is 10.4. The third kappa shape index (κ3) is 2.68. The van der Waals surface area contributed by atoms with Crippen LogP contribution in [0, 0.1) is 0 Å². The van der Waals surface area contributed by atoms with Crippen LogP contribution in [0.2, 0.25) is 0 Å². The Kier molecular flexibility index (Phi) is 3.71. The van der Waals surface area contributed by atoms with Crippen LogP contribution in [0.5, 0.6) is 5.75 Å². The molecule has 2 aromatic rings. The Morgan fingerprint density at radius 1 is 1.47 bits per heavy atom. The first-order valence-corrected chi connectivity index (χ1v) is 6.06. The van der Waals surface area contributed by atoms with Crippen LogP contribution in [0.25, 0.3) is 11.0 Å².